The normalized spacial score (nSPS) is 19.7. The smallest absolute Gasteiger partial charge is 0.407 e. The minimum Gasteiger partial charge on any atom is -0.478 e. The minimum absolute atomic E-state index is 0.0471. The van der Waals surface area contributed by atoms with Gasteiger partial charge in [-0.3, -0.25) is 0 Å². The van der Waals surface area contributed by atoms with Crippen LogP contribution in [0, 0.1) is 0 Å². The Kier molecular flexibility index (Phi) is 3.67. The lowest BCUT2D eigenvalue weighted by molar-refractivity contribution is -0.139. The molecule has 0 bridgehead atoms. The highest BCUT2D eigenvalue weighted by Gasteiger charge is 2.22. The quantitative estimate of drug-likeness (QED) is 0.474. The van der Waals surface area contributed by atoms with Crippen LogP contribution in [0.25, 0.3) is 0 Å². The molecule has 1 atom stereocenters. The topological polar surface area (TPSA) is 102 Å². The number of cyclic esters (lactones) is 1. The summed E-state index contributed by atoms with van der Waals surface area (Å²) < 4.78 is 9.18. The zero-order valence-corrected chi connectivity index (χ0v) is 7.63. The Bertz CT molecular complexity index is 310. The molecule has 82 valence electrons. The number of carboxylic acid groups (broad SMARTS) is 1. The fourth-order valence-electron chi connectivity index (χ4n) is 0.886. The molecule has 0 aromatic rings. The third-order valence-electron chi connectivity index (χ3n) is 1.53. The molecule has 7 nitrogen and oxygen atoms in total. The second-order valence-electron chi connectivity index (χ2n) is 2.74. The third-order valence-corrected chi connectivity index (χ3v) is 1.53. The summed E-state index contributed by atoms with van der Waals surface area (Å²) in [5.41, 5.74) is 0. The van der Waals surface area contributed by atoms with Crippen molar-refractivity contribution in [1.29, 1.82) is 0 Å². The van der Waals surface area contributed by atoms with E-state index in [9.17, 15) is 14.4 Å². The van der Waals surface area contributed by atoms with Gasteiger partial charge in [0.2, 0.25) is 0 Å². The number of hydrogen-bond donors (Lipinski definition) is 2. The van der Waals surface area contributed by atoms with E-state index in [1.165, 1.54) is 0 Å². The second kappa shape index (κ2) is 4.99. The molecule has 2 N–H and O–H groups in total. The van der Waals surface area contributed by atoms with E-state index in [2.05, 4.69) is 14.8 Å². The maximum absolute atomic E-state index is 10.9. The highest BCUT2D eigenvalue weighted by atomic mass is 16.6. The fourth-order valence-corrected chi connectivity index (χ4v) is 0.886. The van der Waals surface area contributed by atoms with Gasteiger partial charge in [0.05, 0.1) is 0 Å². The molecule has 1 aliphatic heterocycles. The van der Waals surface area contributed by atoms with Crippen LogP contribution in [0.3, 0.4) is 0 Å². The van der Waals surface area contributed by atoms with Crippen LogP contribution in [0.4, 0.5) is 4.79 Å². The first-order chi connectivity index (χ1) is 7.08. The van der Waals surface area contributed by atoms with Crippen LogP contribution in [0.2, 0.25) is 0 Å². The number of ether oxygens (including phenoxy) is 2. The molecule has 0 aromatic carbocycles. The molecule has 7 heteroatoms. The lowest BCUT2D eigenvalue weighted by Crippen LogP contribution is -2.31. The molecule has 1 saturated heterocycles. The van der Waals surface area contributed by atoms with E-state index in [1.807, 2.05) is 0 Å². The van der Waals surface area contributed by atoms with E-state index in [0.717, 1.165) is 6.08 Å². The van der Waals surface area contributed by atoms with Crippen molar-refractivity contribution in [3.63, 3.8) is 0 Å². The molecular weight excluding hydrogens is 206 g/mol. The molecule has 1 rings (SSSR count). The van der Waals surface area contributed by atoms with Gasteiger partial charge in [-0.2, -0.15) is 0 Å². The number of carboxylic acids is 1. The van der Waals surface area contributed by atoms with Crippen molar-refractivity contribution >= 4 is 18.0 Å². The van der Waals surface area contributed by atoms with Gasteiger partial charge < -0.3 is 19.9 Å². The van der Waals surface area contributed by atoms with Crippen molar-refractivity contribution in [3.8, 4) is 0 Å². The Morgan fingerprint density at radius 2 is 2.33 bits per heavy atom. The summed E-state index contributed by atoms with van der Waals surface area (Å²) in [4.78, 5) is 31.4. The lowest BCUT2D eigenvalue weighted by atomic mass is 10.3. The van der Waals surface area contributed by atoms with Crippen molar-refractivity contribution in [2.24, 2.45) is 0 Å². The molecule has 0 spiro atoms. The number of rotatable bonds is 4. The first-order valence-corrected chi connectivity index (χ1v) is 4.09. The van der Waals surface area contributed by atoms with Gasteiger partial charge in [-0.05, 0) is 0 Å². The predicted molar refractivity (Wildman–Crippen MR) is 46.0 cm³/mol. The Hall–Kier alpha value is -2.05. The van der Waals surface area contributed by atoms with Gasteiger partial charge in [0.25, 0.3) is 0 Å². The van der Waals surface area contributed by atoms with Crippen LogP contribution in [-0.2, 0) is 19.1 Å². The van der Waals surface area contributed by atoms with Crippen LogP contribution in [0.15, 0.2) is 12.2 Å². The van der Waals surface area contributed by atoms with Crippen LogP contribution in [0.1, 0.15) is 0 Å². The van der Waals surface area contributed by atoms with Gasteiger partial charge >= 0.3 is 18.0 Å². The van der Waals surface area contributed by atoms with Crippen molar-refractivity contribution in [2.45, 2.75) is 6.04 Å². The summed E-state index contributed by atoms with van der Waals surface area (Å²) in [6.45, 7) is 0.0866. The molecule has 15 heavy (non-hydrogen) atoms. The number of esters is 1. The number of carbonyl (C=O) groups is 3. The van der Waals surface area contributed by atoms with Crippen molar-refractivity contribution in [2.75, 3.05) is 13.2 Å². The van der Waals surface area contributed by atoms with Crippen molar-refractivity contribution in [3.05, 3.63) is 12.2 Å². The van der Waals surface area contributed by atoms with Crippen LogP contribution in [-0.4, -0.2) is 42.4 Å². The Labute approximate surface area is 84.7 Å². The van der Waals surface area contributed by atoms with Gasteiger partial charge in [0.15, 0.2) is 0 Å². The van der Waals surface area contributed by atoms with Gasteiger partial charge in [-0.25, -0.2) is 14.4 Å². The third kappa shape index (κ3) is 4.12. The number of aliphatic carboxylic acids is 1. The number of hydrogen-bond acceptors (Lipinski definition) is 5. The largest absolute Gasteiger partial charge is 0.478 e. The summed E-state index contributed by atoms with van der Waals surface area (Å²) in [7, 11) is 0. The Balaban J connectivity index is 2.22. The van der Waals surface area contributed by atoms with Gasteiger partial charge in [0.1, 0.15) is 19.3 Å². The first kappa shape index (κ1) is 11.0. The first-order valence-electron chi connectivity index (χ1n) is 4.09. The number of nitrogens with one attached hydrogen (secondary N) is 1. The summed E-state index contributed by atoms with van der Waals surface area (Å²) in [5, 5.41) is 10.6. The fraction of sp³-hybridized carbons (Fsp3) is 0.375. The molecule has 0 saturated carbocycles. The lowest BCUT2D eigenvalue weighted by Gasteiger charge is -2.06. The van der Waals surface area contributed by atoms with Gasteiger partial charge in [-0.1, -0.05) is 0 Å². The number of amides is 1. The minimum atomic E-state index is -1.23. The maximum Gasteiger partial charge on any atom is 0.407 e. The van der Waals surface area contributed by atoms with Crippen molar-refractivity contribution < 1.29 is 29.0 Å². The van der Waals surface area contributed by atoms with Crippen LogP contribution >= 0.6 is 0 Å². The number of carbonyl (C=O) groups excluding carboxylic acids is 2. The van der Waals surface area contributed by atoms with Gasteiger partial charge in [-0.15, -0.1) is 0 Å². The molecular formula is C8H9NO6. The second-order valence-corrected chi connectivity index (χ2v) is 2.74. The summed E-state index contributed by atoms with van der Waals surface area (Å²) in [6.07, 6.45) is 0.906. The number of alkyl carbamates (subject to hydrolysis) is 1. The average Bonchev–Trinajstić information content (AvgIpc) is 2.58. The van der Waals surface area contributed by atoms with E-state index in [0.29, 0.717) is 6.08 Å². The Morgan fingerprint density at radius 3 is 2.87 bits per heavy atom. The monoisotopic (exact) mass is 215 g/mol. The van der Waals surface area contributed by atoms with E-state index < -0.39 is 18.0 Å². The van der Waals surface area contributed by atoms with E-state index >= 15 is 0 Å². The molecule has 1 fully saturated rings. The van der Waals surface area contributed by atoms with E-state index in [1.54, 1.807) is 0 Å². The van der Waals surface area contributed by atoms with Crippen LogP contribution < -0.4 is 5.32 Å². The average molecular weight is 215 g/mol. The maximum atomic E-state index is 10.9. The summed E-state index contributed by atoms with van der Waals surface area (Å²) in [6, 6.07) is -0.375. The van der Waals surface area contributed by atoms with Gasteiger partial charge in [0, 0.05) is 12.2 Å². The van der Waals surface area contributed by atoms with E-state index in [4.69, 9.17) is 5.11 Å². The summed E-state index contributed by atoms with van der Waals surface area (Å²) in [5.74, 6) is -2.01. The molecule has 1 unspecified atom stereocenters. The molecule has 1 heterocycles. The molecule has 0 radical (unpaired) electrons. The SMILES string of the molecule is O=C(O)C=CC(=O)OCC1COC(=O)N1. The molecule has 1 aliphatic rings. The Morgan fingerprint density at radius 1 is 1.60 bits per heavy atom. The molecule has 0 aromatic heterocycles. The van der Waals surface area contributed by atoms with Crippen molar-refractivity contribution in [1.82, 2.24) is 5.32 Å². The highest BCUT2D eigenvalue weighted by molar-refractivity contribution is 5.90. The van der Waals surface area contributed by atoms with E-state index in [-0.39, 0.29) is 19.3 Å². The zero-order chi connectivity index (χ0) is 11.3. The summed E-state index contributed by atoms with van der Waals surface area (Å²) >= 11 is 0. The predicted octanol–water partition coefficient (Wildman–Crippen LogP) is -0.721. The zero-order valence-electron chi connectivity index (χ0n) is 7.63. The standard InChI is InChI=1S/C8H9NO6/c10-6(11)1-2-7(12)14-3-5-4-15-8(13)9-5/h1-2,5H,3-4H2,(H,9,13)(H,10,11). The highest BCUT2D eigenvalue weighted by Crippen LogP contribution is 1.98. The van der Waals surface area contributed by atoms with Crippen LogP contribution in [0.5, 0.6) is 0 Å². The molecule has 0 aliphatic carbocycles. The molecule has 1 amide bonds.